The van der Waals surface area contributed by atoms with Crippen molar-refractivity contribution in [2.45, 2.75) is 251 Å². The van der Waals surface area contributed by atoms with Gasteiger partial charge in [-0.05, 0) is 83.5 Å². The molecule has 10 heteroatoms. The van der Waals surface area contributed by atoms with E-state index in [0.29, 0.717) is 23.9 Å². The molecule has 0 aliphatic rings. The van der Waals surface area contributed by atoms with Crippen LogP contribution in [0.4, 0.5) is 0 Å². The first-order valence-corrected chi connectivity index (χ1v) is 30.8. The summed E-state index contributed by atoms with van der Waals surface area (Å²) >= 11 is 0. The van der Waals surface area contributed by atoms with Crippen molar-refractivity contribution in [2.24, 2.45) is 0 Å². The molecule has 0 aromatic rings. The van der Waals surface area contributed by atoms with Crippen molar-refractivity contribution in [1.29, 1.82) is 0 Å². The highest BCUT2D eigenvalue weighted by molar-refractivity contribution is 7.47. The summed E-state index contributed by atoms with van der Waals surface area (Å²) in [5, 5.41) is 0. The summed E-state index contributed by atoms with van der Waals surface area (Å²) in [6, 6.07) is 0. The van der Waals surface area contributed by atoms with Gasteiger partial charge in [-0.15, -0.1) is 0 Å². The van der Waals surface area contributed by atoms with Gasteiger partial charge in [0, 0.05) is 12.8 Å². The van der Waals surface area contributed by atoms with Crippen molar-refractivity contribution in [3.05, 3.63) is 85.1 Å². The Bertz CT molecular complexity index is 1490. The Hall–Kier alpha value is -2.81. The molecular weight excluding hydrogens is 918 g/mol. The highest BCUT2D eigenvalue weighted by Crippen LogP contribution is 2.43. The molecule has 1 N–H and O–H groups in total. The van der Waals surface area contributed by atoms with Crippen molar-refractivity contribution in [3.8, 4) is 0 Å². The maximum Gasteiger partial charge on any atom is 0.472 e. The van der Waals surface area contributed by atoms with Gasteiger partial charge in [-0.25, -0.2) is 4.57 Å². The Morgan fingerprint density at radius 3 is 1.22 bits per heavy atom. The lowest BCUT2D eigenvalue weighted by Crippen LogP contribution is -2.37. The molecule has 0 amide bonds. The molecule has 0 fully saturated rings. The third kappa shape index (κ3) is 56.5. The van der Waals surface area contributed by atoms with Crippen LogP contribution in [0, 0.1) is 0 Å². The van der Waals surface area contributed by atoms with E-state index in [-0.39, 0.29) is 32.0 Å². The number of rotatable bonds is 53. The molecule has 9 nitrogen and oxygen atoms in total. The number of phosphoric acid groups is 1. The molecule has 0 heterocycles. The summed E-state index contributed by atoms with van der Waals surface area (Å²) in [6.07, 6.45) is 71.1. The lowest BCUT2D eigenvalue weighted by atomic mass is 10.0. The fourth-order valence-corrected chi connectivity index (χ4v) is 8.65. The first-order chi connectivity index (χ1) is 35.0. The second-order valence-corrected chi connectivity index (χ2v) is 22.1. The van der Waals surface area contributed by atoms with Gasteiger partial charge >= 0.3 is 19.8 Å². The fraction of sp³-hybridized carbons (Fsp3) is 0.742. The van der Waals surface area contributed by atoms with E-state index >= 15 is 0 Å². The number of unbranched alkanes of at least 4 members (excludes halogenated alkanes) is 25. The minimum atomic E-state index is -4.40. The Kier molecular flexibility index (Phi) is 51.0. The van der Waals surface area contributed by atoms with E-state index in [1.165, 1.54) is 148 Å². The molecule has 0 aromatic heterocycles. The number of carbonyl (C=O) groups is 2. The summed E-state index contributed by atoms with van der Waals surface area (Å²) in [7, 11) is 1.44. The van der Waals surface area contributed by atoms with Crippen molar-refractivity contribution >= 4 is 19.8 Å². The van der Waals surface area contributed by atoms with Crippen LogP contribution < -0.4 is 0 Å². The van der Waals surface area contributed by atoms with Crippen LogP contribution in [0.5, 0.6) is 0 Å². The van der Waals surface area contributed by atoms with Gasteiger partial charge in [-0.1, -0.05) is 234 Å². The minimum Gasteiger partial charge on any atom is -0.462 e. The molecule has 72 heavy (non-hydrogen) atoms. The van der Waals surface area contributed by atoms with E-state index in [1.807, 2.05) is 27.2 Å². The number of phosphoric ester groups is 1. The van der Waals surface area contributed by atoms with Gasteiger partial charge in [-0.2, -0.15) is 0 Å². The number of carbonyl (C=O) groups excluding carboxylic acids is 2. The topological polar surface area (TPSA) is 108 Å². The monoisotopic (exact) mass is 1030 g/mol. The van der Waals surface area contributed by atoms with Crippen molar-refractivity contribution < 1.29 is 42.1 Å². The zero-order valence-electron chi connectivity index (χ0n) is 47.1. The van der Waals surface area contributed by atoms with Gasteiger partial charge in [-0.3, -0.25) is 18.6 Å². The van der Waals surface area contributed by atoms with Crippen molar-refractivity contribution in [1.82, 2.24) is 0 Å². The minimum absolute atomic E-state index is 0.0182. The van der Waals surface area contributed by atoms with E-state index in [4.69, 9.17) is 18.5 Å². The number of hydrogen-bond acceptors (Lipinski definition) is 7. The van der Waals surface area contributed by atoms with E-state index in [2.05, 4.69) is 92.8 Å². The highest BCUT2D eigenvalue weighted by Gasteiger charge is 2.27. The maximum absolute atomic E-state index is 12.7. The standard InChI is InChI=1S/C62H110NO8P/c1-6-8-10-12-14-16-18-20-22-24-25-26-27-28-29-30-31-32-33-34-35-36-37-39-40-42-44-46-48-50-52-54-61(64)68-58-60(59-70-72(66,67)69-57-56-63(3,4)5)71-62(65)55-53-51-49-47-45-43-41-38-23-21-19-17-15-13-11-9-7-2/h9,11,15,17-18,20-21,23-25,41,43,47,49,60H,6-8,10,12-14,16,19,22,26-40,42,44-46,48,50-59H2,1-5H3/p+1/b11-9-,17-15-,20-18-,23-21-,25-24-,43-41-,49-47-. The van der Waals surface area contributed by atoms with Crippen LogP contribution in [0.15, 0.2) is 85.1 Å². The molecule has 0 bridgehead atoms. The van der Waals surface area contributed by atoms with Gasteiger partial charge < -0.3 is 18.9 Å². The lowest BCUT2D eigenvalue weighted by Gasteiger charge is -2.24. The van der Waals surface area contributed by atoms with E-state index in [1.54, 1.807) is 0 Å². The molecule has 0 spiro atoms. The van der Waals surface area contributed by atoms with E-state index in [0.717, 1.165) is 57.8 Å². The lowest BCUT2D eigenvalue weighted by molar-refractivity contribution is -0.870. The van der Waals surface area contributed by atoms with E-state index < -0.39 is 26.5 Å². The van der Waals surface area contributed by atoms with Crippen LogP contribution in [0.25, 0.3) is 0 Å². The van der Waals surface area contributed by atoms with Gasteiger partial charge in [0.1, 0.15) is 19.8 Å². The number of nitrogens with zero attached hydrogens (tertiary/aromatic N) is 1. The largest absolute Gasteiger partial charge is 0.472 e. The smallest absolute Gasteiger partial charge is 0.462 e. The Morgan fingerprint density at radius 1 is 0.444 bits per heavy atom. The molecule has 0 saturated carbocycles. The van der Waals surface area contributed by atoms with Crippen molar-refractivity contribution in [2.75, 3.05) is 47.5 Å². The number of allylic oxidation sites excluding steroid dienone is 14. The third-order valence-corrected chi connectivity index (χ3v) is 13.4. The van der Waals surface area contributed by atoms with Crippen molar-refractivity contribution in [3.63, 3.8) is 0 Å². The van der Waals surface area contributed by atoms with Gasteiger partial charge in [0.2, 0.25) is 0 Å². The molecule has 0 rings (SSSR count). The summed E-state index contributed by atoms with van der Waals surface area (Å²) in [6.45, 7) is 4.25. The Labute approximate surface area is 443 Å². The molecular formula is C62H111NO8P+. The summed E-state index contributed by atoms with van der Waals surface area (Å²) < 4.78 is 34.5. The van der Waals surface area contributed by atoms with Crippen LogP contribution in [-0.2, 0) is 32.7 Å². The molecule has 2 unspecified atom stereocenters. The van der Waals surface area contributed by atoms with Crippen LogP contribution >= 0.6 is 7.82 Å². The number of likely N-dealkylation sites (N-methyl/N-ethyl adjacent to an activating group) is 1. The molecule has 0 aromatic carbocycles. The summed E-state index contributed by atoms with van der Waals surface area (Å²) in [5.41, 5.74) is 0. The first-order valence-electron chi connectivity index (χ1n) is 29.3. The Balaban J connectivity index is 4.11. The average molecular weight is 1030 g/mol. The fourth-order valence-electron chi connectivity index (χ4n) is 7.91. The number of hydrogen-bond donors (Lipinski definition) is 1. The van der Waals surface area contributed by atoms with Crippen LogP contribution in [0.2, 0.25) is 0 Å². The van der Waals surface area contributed by atoms with Gasteiger partial charge in [0.25, 0.3) is 0 Å². The zero-order valence-corrected chi connectivity index (χ0v) is 48.0. The second-order valence-electron chi connectivity index (χ2n) is 20.6. The third-order valence-electron chi connectivity index (χ3n) is 12.4. The predicted octanol–water partition coefficient (Wildman–Crippen LogP) is 18.3. The molecule has 0 saturated heterocycles. The number of esters is 2. The van der Waals surface area contributed by atoms with Gasteiger partial charge in [0.15, 0.2) is 6.10 Å². The molecule has 0 radical (unpaired) electrons. The normalized spacial score (nSPS) is 13.9. The highest BCUT2D eigenvalue weighted by atomic mass is 31.2. The Morgan fingerprint density at radius 2 is 0.806 bits per heavy atom. The van der Waals surface area contributed by atoms with Crippen LogP contribution in [-0.4, -0.2) is 74.9 Å². The SMILES string of the molecule is CC/C=C\C/C=C\C/C=C\C/C=C\C/C=C\CCCC(=O)OC(COC(=O)CCCCCCCCCCCCCCCCCCCCC/C=C\C/C=C\CCCCCCC)COP(=O)(O)OCC[N+](C)(C)C. The number of quaternary nitrogens is 1. The molecule has 416 valence electrons. The zero-order chi connectivity index (χ0) is 52.7. The summed E-state index contributed by atoms with van der Waals surface area (Å²) in [4.78, 5) is 35.6. The first kappa shape index (κ1) is 69.2. The summed E-state index contributed by atoms with van der Waals surface area (Å²) in [5.74, 6) is -0.864. The van der Waals surface area contributed by atoms with Crippen LogP contribution in [0.1, 0.15) is 245 Å². The molecule has 0 aliphatic heterocycles. The van der Waals surface area contributed by atoms with Gasteiger partial charge in [0.05, 0.1) is 27.7 Å². The van der Waals surface area contributed by atoms with E-state index in [9.17, 15) is 19.0 Å². The predicted molar refractivity (Wildman–Crippen MR) is 307 cm³/mol. The quantitative estimate of drug-likeness (QED) is 0.0211. The average Bonchev–Trinajstić information content (AvgIpc) is 3.34. The van der Waals surface area contributed by atoms with Crippen LogP contribution in [0.3, 0.4) is 0 Å². The number of ether oxygens (including phenoxy) is 2. The maximum atomic E-state index is 12.7. The molecule has 2 atom stereocenters. The second kappa shape index (κ2) is 53.0. The molecule has 0 aliphatic carbocycles.